The lowest BCUT2D eigenvalue weighted by Gasteiger charge is -1.96. The second-order valence-electron chi connectivity index (χ2n) is 3.47. The Labute approximate surface area is 116 Å². The average molecular weight is 270 g/mol. The van der Waals surface area contributed by atoms with Gasteiger partial charge in [-0.1, -0.05) is 19.9 Å². The maximum absolute atomic E-state index is 12.4. The van der Waals surface area contributed by atoms with Crippen LogP contribution in [0.4, 0.5) is 10.1 Å². The molecule has 0 aliphatic carbocycles. The lowest BCUT2D eigenvalue weighted by Crippen LogP contribution is -1.85. The molecule has 0 saturated heterocycles. The van der Waals surface area contributed by atoms with Crippen molar-refractivity contribution in [2.75, 3.05) is 0 Å². The van der Waals surface area contributed by atoms with E-state index in [0.29, 0.717) is 5.69 Å². The summed E-state index contributed by atoms with van der Waals surface area (Å²) in [5.74, 6) is -0.270. The van der Waals surface area contributed by atoms with E-state index in [0.717, 1.165) is 5.56 Å². The van der Waals surface area contributed by atoms with Crippen molar-refractivity contribution in [2.45, 2.75) is 47.6 Å². The molecule has 0 spiro atoms. The van der Waals surface area contributed by atoms with Gasteiger partial charge in [0.15, 0.2) is 0 Å². The summed E-state index contributed by atoms with van der Waals surface area (Å²) in [5.41, 5.74) is 1.55. The van der Waals surface area contributed by atoms with Crippen LogP contribution >= 0.6 is 0 Å². The number of benzene rings is 1. The summed E-state index contributed by atoms with van der Waals surface area (Å²) >= 11 is 0. The number of nitrogens with zero attached hydrogens (tertiary/aromatic N) is 1. The van der Waals surface area contributed by atoms with Gasteiger partial charge in [-0.3, -0.25) is 4.99 Å². The standard InChI is InChI=1S/C8H8FN.C3H8O.C2H5N.C2H6/c1-6-3-4-7(9)5-8(6)10-2;1-3(2)4;1-2-3;1-2/h3-5H,2H2,1H3;3-4H,1-2H3;2-3H,1H3;1-2H3. The molecule has 2 N–H and O–H groups in total. The highest BCUT2D eigenvalue weighted by Crippen LogP contribution is 2.17. The molecule has 4 heteroatoms. The number of aliphatic imine (C=N–C) groups is 1. The molecular weight excluding hydrogens is 243 g/mol. The van der Waals surface area contributed by atoms with Crippen LogP contribution in [0.25, 0.3) is 0 Å². The molecule has 0 radical (unpaired) electrons. The van der Waals surface area contributed by atoms with E-state index in [1.54, 1.807) is 26.8 Å². The summed E-state index contributed by atoms with van der Waals surface area (Å²) in [7, 11) is 0. The van der Waals surface area contributed by atoms with E-state index in [1.165, 1.54) is 18.3 Å². The topological polar surface area (TPSA) is 56.4 Å². The second kappa shape index (κ2) is 16.4. The van der Waals surface area contributed by atoms with Crippen LogP contribution in [0.2, 0.25) is 0 Å². The van der Waals surface area contributed by atoms with Gasteiger partial charge in [0.25, 0.3) is 0 Å². The first-order valence-electron chi connectivity index (χ1n) is 6.25. The van der Waals surface area contributed by atoms with E-state index >= 15 is 0 Å². The number of aryl methyl sites for hydroxylation is 1. The molecular formula is C15H27FN2O. The number of halogens is 1. The van der Waals surface area contributed by atoms with E-state index < -0.39 is 0 Å². The Morgan fingerprint density at radius 3 is 2.00 bits per heavy atom. The molecule has 0 aromatic heterocycles. The highest BCUT2D eigenvalue weighted by molar-refractivity contribution is 5.50. The smallest absolute Gasteiger partial charge is 0.125 e. The summed E-state index contributed by atoms with van der Waals surface area (Å²) < 4.78 is 12.4. The normalized spacial score (nSPS) is 7.84. The number of nitrogens with one attached hydrogen (secondary N) is 1. The summed E-state index contributed by atoms with van der Waals surface area (Å²) in [6.45, 7) is 14.3. The number of aliphatic hydroxyl groups excluding tert-OH is 1. The van der Waals surface area contributed by atoms with Gasteiger partial charge in [0.1, 0.15) is 5.82 Å². The van der Waals surface area contributed by atoms with Gasteiger partial charge in [0.05, 0.1) is 5.69 Å². The van der Waals surface area contributed by atoms with Crippen LogP contribution in [0.5, 0.6) is 0 Å². The largest absolute Gasteiger partial charge is 0.394 e. The zero-order valence-electron chi connectivity index (χ0n) is 12.9. The Kier molecular flexibility index (Phi) is 19.6. The second-order valence-corrected chi connectivity index (χ2v) is 3.47. The van der Waals surface area contributed by atoms with Gasteiger partial charge in [0, 0.05) is 6.10 Å². The van der Waals surface area contributed by atoms with Gasteiger partial charge < -0.3 is 10.5 Å². The fourth-order valence-electron chi connectivity index (χ4n) is 0.753. The van der Waals surface area contributed by atoms with Crippen molar-refractivity contribution in [3.05, 3.63) is 29.6 Å². The van der Waals surface area contributed by atoms with E-state index in [2.05, 4.69) is 11.7 Å². The molecule has 19 heavy (non-hydrogen) atoms. The minimum absolute atomic E-state index is 0.167. The highest BCUT2D eigenvalue weighted by Gasteiger charge is 1.95. The minimum Gasteiger partial charge on any atom is -0.394 e. The number of hydrogen-bond acceptors (Lipinski definition) is 3. The summed E-state index contributed by atoms with van der Waals surface area (Å²) in [4.78, 5) is 3.64. The fraction of sp³-hybridized carbons (Fsp3) is 0.467. The van der Waals surface area contributed by atoms with Crippen LogP contribution in [0.3, 0.4) is 0 Å². The molecule has 1 aromatic carbocycles. The predicted molar refractivity (Wildman–Crippen MR) is 83.5 cm³/mol. The Bertz CT molecular complexity index is 336. The molecule has 0 saturated carbocycles. The van der Waals surface area contributed by atoms with Gasteiger partial charge >= 0.3 is 0 Å². The maximum atomic E-state index is 12.4. The third-order valence-corrected chi connectivity index (χ3v) is 1.34. The van der Waals surface area contributed by atoms with E-state index in [4.69, 9.17) is 10.5 Å². The molecule has 0 atom stereocenters. The van der Waals surface area contributed by atoms with Crippen molar-refractivity contribution >= 4 is 18.6 Å². The van der Waals surface area contributed by atoms with Crippen LogP contribution in [0.15, 0.2) is 23.2 Å². The van der Waals surface area contributed by atoms with Gasteiger partial charge in [-0.2, -0.15) is 0 Å². The summed E-state index contributed by atoms with van der Waals surface area (Å²) in [5, 5.41) is 14.1. The number of aliphatic hydroxyl groups is 1. The van der Waals surface area contributed by atoms with E-state index in [-0.39, 0.29) is 11.9 Å². The SMILES string of the molecule is C=Nc1cc(F)ccc1C.CC.CC(C)O.CC=N. The van der Waals surface area contributed by atoms with Crippen LogP contribution in [-0.2, 0) is 0 Å². The Balaban J connectivity index is -0.000000239. The fourth-order valence-corrected chi connectivity index (χ4v) is 0.753. The molecule has 1 rings (SSSR count). The monoisotopic (exact) mass is 270 g/mol. The first-order valence-corrected chi connectivity index (χ1v) is 6.25. The lowest BCUT2D eigenvalue weighted by atomic mass is 10.2. The van der Waals surface area contributed by atoms with Crippen molar-refractivity contribution in [1.29, 1.82) is 5.41 Å². The van der Waals surface area contributed by atoms with Crippen molar-refractivity contribution in [1.82, 2.24) is 0 Å². The third-order valence-electron chi connectivity index (χ3n) is 1.34. The Morgan fingerprint density at radius 2 is 1.74 bits per heavy atom. The van der Waals surface area contributed by atoms with Crippen LogP contribution < -0.4 is 0 Å². The molecule has 0 bridgehead atoms. The first kappa shape index (κ1) is 22.6. The minimum atomic E-state index is -0.270. The van der Waals surface area contributed by atoms with Gasteiger partial charge in [-0.05, 0) is 58.3 Å². The lowest BCUT2D eigenvalue weighted by molar-refractivity contribution is 0.216. The van der Waals surface area contributed by atoms with Crippen molar-refractivity contribution < 1.29 is 9.50 Å². The van der Waals surface area contributed by atoms with Crippen molar-refractivity contribution in [3.8, 4) is 0 Å². The Morgan fingerprint density at radius 1 is 1.37 bits per heavy atom. The van der Waals surface area contributed by atoms with Crippen LogP contribution in [-0.4, -0.2) is 24.1 Å². The van der Waals surface area contributed by atoms with Crippen molar-refractivity contribution in [3.63, 3.8) is 0 Å². The van der Waals surface area contributed by atoms with Crippen LogP contribution in [0, 0.1) is 18.2 Å². The molecule has 110 valence electrons. The zero-order valence-corrected chi connectivity index (χ0v) is 12.9. The number of rotatable bonds is 1. The first-order chi connectivity index (χ1) is 8.88. The summed E-state index contributed by atoms with van der Waals surface area (Å²) in [6, 6.07) is 4.45. The van der Waals surface area contributed by atoms with E-state index in [9.17, 15) is 4.39 Å². The van der Waals surface area contributed by atoms with E-state index in [1.807, 2.05) is 20.8 Å². The average Bonchev–Trinajstić information content (AvgIpc) is 2.35. The van der Waals surface area contributed by atoms with Gasteiger partial charge in [-0.25, -0.2) is 4.39 Å². The molecule has 0 unspecified atom stereocenters. The van der Waals surface area contributed by atoms with Crippen LogP contribution in [0.1, 0.15) is 40.2 Å². The Hall–Kier alpha value is -1.55. The van der Waals surface area contributed by atoms with Crippen molar-refractivity contribution in [2.24, 2.45) is 4.99 Å². The molecule has 3 nitrogen and oxygen atoms in total. The molecule has 1 aromatic rings. The summed E-state index contributed by atoms with van der Waals surface area (Å²) in [6.07, 6.45) is 1.08. The molecule has 0 heterocycles. The zero-order chi connectivity index (χ0) is 15.8. The molecule has 0 fully saturated rings. The number of hydrogen-bond donors (Lipinski definition) is 2. The third kappa shape index (κ3) is 19.0. The van der Waals surface area contributed by atoms with Gasteiger partial charge in [0.2, 0.25) is 0 Å². The highest BCUT2D eigenvalue weighted by atomic mass is 19.1. The van der Waals surface area contributed by atoms with Gasteiger partial charge in [-0.15, -0.1) is 0 Å². The molecule has 0 amide bonds. The molecule has 0 aliphatic rings. The maximum Gasteiger partial charge on any atom is 0.125 e. The molecule has 0 aliphatic heterocycles. The predicted octanol–water partition coefficient (Wildman–Crippen LogP) is 4.54. The quantitative estimate of drug-likeness (QED) is 0.723.